The van der Waals surface area contributed by atoms with Gasteiger partial charge >= 0.3 is 5.91 Å². The first-order chi connectivity index (χ1) is 18.4. The molecule has 1 amide bonds. The van der Waals surface area contributed by atoms with Gasteiger partial charge in [0.15, 0.2) is 23.8 Å². The Bertz CT molecular complexity index is 1350. The zero-order valence-corrected chi connectivity index (χ0v) is 23.4. The molecule has 0 atom stereocenters. The van der Waals surface area contributed by atoms with Crippen molar-refractivity contribution >= 4 is 44.1 Å². The number of oxime groups is 1. The van der Waals surface area contributed by atoms with Crippen molar-refractivity contribution < 1.29 is 24.2 Å². The molecule has 0 spiro atoms. The molecule has 0 saturated carbocycles. The minimum Gasteiger partial charge on any atom is -0.493 e. The molecule has 11 heteroatoms. The van der Waals surface area contributed by atoms with Gasteiger partial charge in [0.25, 0.3) is 0 Å². The molecule has 0 bridgehead atoms. The topological polar surface area (TPSA) is 110 Å². The average molecular weight is 586 g/mol. The van der Waals surface area contributed by atoms with Crippen LogP contribution in [0.3, 0.4) is 0 Å². The van der Waals surface area contributed by atoms with E-state index in [0.29, 0.717) is 29.3 Å². The molecule has 10 nitrogen and oxygen atoms in total. The van der Waals surface area contributed by atoms with E-state index >= 15 is 0 Å². The highest BCUT2D eigenvalue weighted by molar-refractivity contribution is 9.10. The SMILES string of the molecule is COc1ccc(/C(C)=N/OCC(=O)N=Nc2c(O)n(CN3CCCCCC3)c3ccc(Br)cc23)cc1OC. The van der Waals surface area contributed by atoms with Crippen LogP contribution in [0.25, 0.3) is 10.9 Å². The first-order valence-electron chi connectivity index (χ1n) is 12.5. The number of azo groups is 1. The zero-order valence-electron chi connectivity index (χ0n) is 21.8. The highest BCUT2D eigenvalue weighted by Gasteiger charge is 2.20. The van der Waals surface area contributed by atoms with Gasteiger partial charge < -0.3 is 19.4 Å². The molecule has 1 fully saturated rings. The van der Waals surface area contributed by atoms with Crippen molar-refractivity contribution in [2.24, 2.45) is 15.4 Å². The third kappa shape index (κ3) is 6.51. The Balaban J connectivity index is 1.47. The summed E-state index contributed by atoms with van der Waals surface area (Å²) in [4.78, 5) is 19.9. The van der Waals surface area contributed by atoms with E-state index in [-0.39, 0.29) is 11.6 Å². The minimum absolute atomic E-state index is 0.0258. The van der Waals surface area contributed by atoms with E-state index in [1.807, 2.05) is 28.8 Å². The summed E-state index contributed by atoms with van der Waals surface area (Å²) in [6.45, 7) is 3.85. The number of carbonyl (C=O) groups is 1. The number of hydrogen-bond acceptors (Lipinski definition) is 8. The van der Waals surface area contributed by atoms with Gasteiger partial charge in [0.1, 0.15) is 0 Å². The molecule has 1 aromatic heterocycles. The molecule has 2 heterocycles. The number of rotatable bonds is 9. The number of nitrogens with zero attached hydrogens (tertiary/aromatic N) is 5. The summed E-state index contributed by atoms with van der Waals surface area (Å²) in [5.74, 6) is 0.508. The van der Waals surface area contributed by atoms with Crippen molar-refractivity contribution in [2.45, 2.75) is 39.3 Å². The lowest BCUT2D eigenvalue weighted by atomic mass is 10.1. The predicted octanol–water partition coefficient (Wildman–Crippen LogP) is 6.01. The Morgan fingerprint density at radius 2 is 1.76 bits per heavy atom. The van der Waals surface area contributed by atoms with Crippen molar-refractivity contribution in [3.05, 3.63) is 46.4 Å². The summed E-state index contributed by atoms with van der Waals surface area (Å²) < 4.78 is 13.2. The highest BCUT2D eigenvalue weighted by atomic mass is 79.9. The lowest BCUT2D eigenvalue weighted by Gasteiger charge is -2.21. The molecular formula is C27H32BrN5O5. The van der Waals surface area contributed by atoms with Gasteiger partial charge in [0.2, 0.25) is 5.88 Å². The number of aromatic hydroxyl groups is 1. The molecule has 1 N–H and O–H groups in total. The van der Waals surface area contributed by atoms with Gasteiger partial charge in [-0.15, -0.1) is 10.2 Å². The van der Waals surface area contributed by atoms with Gasteiger partial charge in [0.05, 0.1) is 32.1 Å². The molecule has 202 valence electrons. The normalized spacial score (nSPS) is 15.1. The van der Waals surface area contributed by atoms with E-state index in [4.69, 9.17) is 14.3 Å². The maximum atomic E-state index is 12.4. The van der Waals surface area contributed by atoms with E-state index in [2.05, 4.69) is 36.2 Å². The number of halogens is 1. The third-order valence-electron chi connectivity index (χ3n) is 6.46. The molecule has 38 heavy (non-hydrogen) atoms. The van der Waals surface area contributed by atoms with Crippen molar-refractivity contribution in [3.8, 4) is 17.4 Å². The van der Waals surface area contributed by atoms with Gasteiger partial charge in [0, 0.05) is 15.4 Å². The Morgan fingerprint density at radius 1 is 1.03 bits per heavy atom. The number of aromatic nitrogens is 1. The number of amides is 1. The minimum atomic E-state index is -0.628. The molecule has 1 saturated heterocycles. The van der Waals surface area contributed by atoms with Crippen molar-refractivity contribution in [3.63, 3.8) is 0 Å². The summed E-state index contributed by atoms with van der Waals surface area (Å²) in [6.07, 6.45) is 4.73. The maximum Gasteiger partial charge on any atom is 0.304 e. The number of ether oxygens (including phenoxy) is 2. The number of fused-ring (bicyclic) bond motifs is 1. The fraction of sp³-hybridized carbons (Fsp3) is 0.407. The van der Waals surface area contributed by atoms with Crippen molar-refractivity contribution in [1.82, 2.24) is 9.47 Å². The van der Waals surface area contributed by atoms with Gasteiger partial charge in [-0.05, 0) is 69.3 Å². The molecule has 4 rings (SSSR count). The van der Waals surface area contributed by atoms with Crippen LogP contribution in [-0.2, 0) is 16.3 Å². The molecule has 1 aliphatic rings. The van der Waals surface area contributed by atoms with E-state index in [1.54, 1.807) is 33.3 Å². The van der Waals surface area contributed by atoms with Crippen LogP contribution >= 0.6 is 15.9 Å². The van der Waals surface area contributed by atoms with Crippen LogP contribution in [0.5, 0.6) is 17.4 Å². The average Bonchev–Trinajstić information content (AvgIpc) is 3.07. The van der Waals surface area contributed by atoms with Gasteiger partial charge in [-0.2, -0.15) is 0 Å². The van der Waals surface area contributed by atoms with E-state index in [9.17, 15) is 9.90 Å². The van der Waals surface area contributed by atoms with Crippen LogP contribution < -0.4 is 9.47 Å². The molecule has 0 unspecified atom stereocenters. The molecule has 1 aliphatic heterocycles. The number of benzene rings is 2. The molecular weight excluding hydrogens is 554 g/mol. The fourth-order valence-electron chi connectivity index (χ4n) is 4.45. The van der Waals surface area contributed by atoms with Crippen LogP contribution in [0.2, 0.25) is 0 Å². The summed E-state index contributed by atoms with van der Waals surface area (Å²) in [6, 6.07) is 11.0. The highest BCUT2D eigenvalue weighted by Crippen LogP contribution is 2.40. The fourth-order valence-corrected chi connectivity index (χ4v) is 4.81. The van der Waals surface area contributed by atoms with Crippen LogP contribution in [0.1, 0.15) is 38.2 Å². The largest absolute Gasteiger partial charge is 0.493 e. The smallest absolute Gasteiger partial charge is 0.304 e. The molecule has 0 radical (unpaired) electrons. The Hall–Kier alpha value is -3.44. The predicted molar refractivity (Wildman–Crippen MR) is 149 cm³/mol. The van der Waals surface area contributed by atoms with Crippen LogP contribution in [0, 0.1) is 0 Å². The van der Waals surface area contributed by atoms with Crippen LogP contribution in [-0.4, -0.2) is 60.1 Å². The molecule has 3 aromatic rings. The van der Waals surface area contributed by atoms with Crippen LogP contribution in [0.4, 0.5) is 5.69 Å². The number of methoxy groups -OCH3 is 2. The number of carbonyl (C=O) groups excluding carboxylic acids is 1. The summed E-state index contributed by atoms with van der Waals surface area (Å²) in [5.41, 5.74) is 2.37. The second-order valence-corrected chi connectivity index (χ2v) is 9.96. The first kappa shape index (κ1) is 27.6. The summed E-state index contributed by atoms with van der Waals surface area (Å²) in [5, 5.41) is 23.7. The van der Waals surface area contributed by atoms with E-state index in [0.717, 1.165) is 41.5 Å². The monoisotopic (exact) mass is 585 g/mol. The van der Waals surface area contributed by atoms with Gasteiger partial charge in [-0.1, -0.05) is 33.9 Å². The standard InChI is InChI=1S/C27H32BrN5O5/c1-18(19-8-11-23(36-2)24(14-19)37-3)31-38-16-25(34)29-30-26-21-15-20(28)9-10-22(21)33(27(26)35)17-32-12-6-4-5-7-13-32/h8-11,14-15,35H,4-7,12-13,16-17H2,1-3H3/b30-29?,31-18+. The quantitative estimate of drug-likeness (QED) is 0.187. The van der Waals surface area contributed by atoms with Crippen molar-refractivity contribution in [2.75, 3.05) is 33.9 Å². The maximum absolute atomic E-state index is 12.4. The van der Waals surface area contributed by atoms with Gasteiger partial charge in [-0.25, -0.2) is 0 Å². The zero-order chi connectivity index (χ0) is 27.1. The second kappa shape index (κ2) is 12.9. The first-order valence-corrected chi connectivity index (χ1v) is 13.3. The van der Waals surface area contributed by atoms with Gasteiger partial charge in [-0.3, -0.25) is 14.3 Å². The lowest BCUT2D eigenvalue weighted by molar-refractivity contribution is -0.122. The Morgan fingerprint density at radius 3 is 2.47 bits per heavy atom. The summed E-state index contributed by atoms with van der Waals surface area (Å²) >= 11 is 3.48. The second-order valence-electron chi connectivity index (χ2n) is 9.05. The van der Waals surface area contributed by atoms with E-state index in [1.165, 1.54) is 12.8 Å². The lowest BCUT2D eigenvalue weighted by Crippen LogP contribution is -2.27. The number of hydrogen-bond donors (Lipinski definition) is 1. The van der Waals surface area contributed by atoms with E-state index < -0.39 is 12.5 Å². The summed E-state index contributed by atoms with van der Waals surface area (Å²) in [7, 11) is 3.12. The third-order valence-corrected chi connectivity index (χ3v) is 6.96. The Labute approximate surface area is 230 Å². The van der Waals surface area contributed by atoms with Crippen LogP contribution in [0.15, 0.2) is 56.3 Å². The molecule has 0 aliphatic carbocycles. The number of likely N-dealkylation sites (tertiary alicyclic amines) is 1. The molecule has 2 aromatic carbocycles. The Kier molecular flexibility index (Phi) is 9.35. The van der Waals surface area contributed by atoms with Crippen molar-refractivity contribution in [1.29, 1.82) is 0 Å².